The lowest BCUT2D eigenvalue weighted by molar-refractivity contribution is -0.179. The third-order valence-electron chi connectivity index (χ3n) is 3.38. The van der Waals surface area contributed by atoms with E-state index in [0.29, 0.717) is 13.0 Å². The van der Waals surface area contributed by atoms with Gasteiger partial charge in [0.05, 0.1) is 6.61 Å². The number of hydrogen-bond acceptors (Lipinski definition) is 3. The van der Waals surface area contributed by atoms with Gasteiger partial charge >= 0.3 is 5.97 Å². The Morgan fingerprint density at radius 2 is 1.86 bits per heavy atom. The number of rotatable bonds is 11. The van der Waals surface area contributed by atoms with Gasteiger partial charge in [0.1, 0.15) is 0 Å². The van der Waals surface area contributed by atoms with E-state index in [1.54, 1.807) is 6.92 Å². The van der Waals surface area contributed by atoms with Crippen molar-refractivity contribution in [3.05, 3.63) is 35.9 Å². The zero-order chi connectivity index (χ0) is 15.3. The molecule has 0 amide bonds. The Bertz CT molecular complexity index is 375. The first kappa shape index (κ1) is 17.7. The number of ether oxygens (including phenoxy) is 2. The summed E-state index contributed by atoms with van der Waals surface area (Å²) in [7, 11) is 0. The molecule has 21 heavy (non-hydrogen) atoms. The second-order valence-corrected chi connectivity index (χ2v) is 5.23. The summed E-state index contributed by atoms with van der Waals surface area (Å²) in [4.78, 5) is 11.4. The van der Waals surface area contributed by atoms with Gasteiger partial charge in [-0.2, -0.15) is 0 Å². The molecule has 0 aliphatic heterocycles. The molecule has 0 saturated heterocycles. The van der Waals surface area contributed by atoms with Gasteiger partial charge in [0.2, 0.25) is 6.29 Å². The maximum Gasteiger partial charge on any atom is 0.307 e. The van der Waals surface area contributed by atoms with Crippen LogP contribution in [0, 0.1) is 0 Å². The Balaban J connectivity index is 2.31. The molecule has 0 aliphatic carbocycles. The van der Waals surface area contributed by atoms with Gasteiger partial charge in [-0.15, -0.1) is 0 Å². The van der Waals surface area contributed by atoms with E-state index in [-0.39, 0.29) is 5.97 Å². The highest BCUT2D eigenvalue weighted by molar-refractivity contribution is 5.68. The van der Waals surface area contributed by atoms with Crippen LogP contribution < -0.4 is 0 Å². The van der Waals surface area contributed by atoms with E-state index in [4.69, 9.17) is 9.47 Å². The predicted molar refractivity (Wildman–Crippen MR) is 85.0 cm³/mol. The molecule has 1 aromatic rings. The maximum absolute atomic E-state index is 11.4. The minimum Gasteiger partial charge on any atom is -0.436 e. The third-order valence-corrected chi connectivity index (χ3v) is 3.38. The standard InChI is InChI=1S/C18H28O3/c1-3-5-6-10-13-18(21-17(19)4-2)20-15-14-16-11-8-7-9-12-16/h7-9,11-12,18H,3-6,10,13-15H2,1-2H3. The summed E-state index contributed by atoms with van der Waals surface area (Å²) in [5.41, 5.74) is 1.24. The highest BCUT2D eigenvalue weighted by Gasteiger charge is 2.13. The monoisotopic (exact) mass is 292 g/mol. The number of unbranched alkanes of at least 4 members (excludes halogenated alkanes) is 3. The summed E-state index contributed by atoms with van der Waals surface area (Å²) in [5.74, 6) is -0.185. The Labute approximate surface area is 128 Å². The van der Waals surface area contributed by atoms with Gasteiger partial charge in [-0.3, -0.25) is 4.79 Å². The molecule has 1 unspecified atom stereocenters. The van der Waals surface area contributed by atoms with Gasteiger partial charge in [0, 0.05) is 12.8 Å². The van der Waals surface area contributed by atoms with E-state index in [1.165, 1.54) is 24.8 Å². The van der Waals surface area contributed by atoms with Crippen molar-refractivity contribution < 1.29 is 14.3 Å². The molecule has 1 aromatic carbocycles. The lowest BCUT2D eigenvalue weighted by atomic mass is 10.1. The van der Waals surface area contributed by atoms with Crippen molar-refractivity contribution in [1.82, 2.24) is 0 Å². The van der Waals surface area contributed by atoms with Gasteiger partial charge in [-0.25, -0.2) is 0 Å². The van der Waals surface area contributed by atoms with Crippen molar-refractivity contribution in [2.24, 2.45) is 0 Å². The van der Waals surface area contributed by atoms with Crippen LogP contribution in [0.2, 0.25) is 0 Å². The number of esters is 1. The SMILES string of the molecule is CCCCCCC(OCCc1ccccc1)OC(=O)CC. The Kier molecular flexibility index (Phi) is 9.55. The fraction of sp³-hybridized carbons (Fsp3) is 0.611. The van der Waals surface area contributed by atoms with Crippen LogP contribution in [0.4, 0.5) is 0 Å². The molecule has 118 valence electrons. The smallest absolute Gasteiger partial charge is 0.307 e. The second-order valence-electron chi connectivity index (χ2n) is 5.23. The van der Waals surface area contributed by atoms with Crippen LogP contribution in [0.1, 0.15) is 57.9 Å². The van der Waals surface area contributed by atoms with Crippen molar-refractivity contribution in [2.45, 2.75) is 65.1 Å². The maximum atomic E-state index is 11.4. The molecule has 1 atom stereocenters. The van der Waals surface area contributed by atoms with Crippen LogP contribution in [0.15, 0.2) is 30.3 Å². The molecule has 0 aliphatic rings. The van der Waals surface area contributed by atoms with Gasteiger partial charge in [0.15, 0.2) is 0 Å². The molecule has 3 nitrogen and oxygen atoms in total. The van der Waals surface area contributed by atoms with Crippen LogP contribution in [-0.2, 0) is 20.7 Å². The van der Waals surface area contributed by atoms with E-state index in [0.717, 1.165) is 19.3 Å². The highest BCUT2D eigenvalue weighted by atomic mass is 16.7. The zero-order valence-electron chi connectivity index (χ0n) is 13.3. The molecule has 0 saturated carbocycles. The fourth-order valence-corrected chi connectivity index (χ4v) is 2.10. The van der Waals surface area contributed by atoms with Gasteiger partial charge in [-0.1, -0.05) is 63.4 Å². The van der Waals surface area contributed by atoms with E-state index in [2.05, 4.69) is 19.1 Å². The highest BCUT2D eigenvalue weighted by Crippen LogP contribution is 2.11. The van der Waals surface area contributed by atoms with Crippen LogP contribution in [0.25, 0.3) is 0 Å². The lowest BCUT2D eigenvalue weighted by Gasteiger charge is -2.18. The summed E-state index contributed by atoms with van der Waals surface area (Å²) in [6.45, 7) is 4.57. The van der Waals surface area contributed by atoms with Gasteiger partial charge in [0.25, 0.3) is 0 Å². The number of carbonyl (C=O) groups is 1. The van der Waals surface area contributed by atoms with Gasteiger partial charge < -0.3 is 9.47 Å². The molecule has 0 fully saturated rings. The summed E-state index contributed by atoms with van der Waals surface area (Å²) >= 11 is 0. The van der Waals surface area contributed by atoms with Crippen molar-refractivity contribution in [3.8, 4) is 0 Å². The Hall–Kier alpha value is -1.35. The molecular formula is C18H28O3. The first-order chi connectivity index (χ1) is 10.3. The molecule has 0 heterocycles. The van der Waals surface area contributed by atoms with Crippen LogP contribution in [-0.4, -0.2) is 18.9 Å². The predicted octanol–water partition coefficient (Wildman–Crippen LogP) is 4.50. The largest absolute Gasteiger partial charge is 0.436 e. The van der Waals surface area contributed by atoms with E-state index < -0.39 is 6.29 Å². The van der Waals surface area contributed by atoms with E-state index in [9.17, 15) is 4.79 Å². The van der Waals surface area contributed by atoms with Gasteiger partial charge in [-0.05, 0) is 18.4 Å². The van der Waals surface area contributed by atoms with Crippen LogP contribution in [0.5, 0.6) is 0 Å². The van der Waals surface area contributed by atoms with Crippen molar-refractivity contribution in [3.63, 3.8) is 0 Å². The quantitative estimate of drug-likeness (QED) is 0.342. The minimum absolute atomic E-state index is 0.185. The van der Waals surface area contributed by atoms with Crippen LogP contribution >= 0.6 is 0 Å². The van der Waals surface area contributed by atoms with Crippen molar-refractivity contribution in [1.29, 1.82) is 0 Å². The normalized spacial score (nSPS) is 12.1. The number of carbonyl (C=O) groups excluding carboxylic acids is 1. The Morgan fingerprint density at radius 3 is 2.52 bits per heavy atom. The molecule has 0 spiro atoms. The van der Waals surface area contributed by atoms with E-state index in [1.807, 2.05) is 18.2 Å². The number of hydrogen-bond donors (Lipinski definition) is 0. The summed E-state index contributed by atoms with van der Waals surface area (Å²) in [5, 5.41) is 0. The van der Waals surface area contributed by atoms with Crippen molar-refractivity contribution in [2.75, 3.05) is 6.61 Å². The average molecular weight is 292 g/mol. The van der Waals surface area contributed by atoms with Crippen molar-refractivity contribution >= 4 is 5.97 Å². The summed E-state index contributed by atoms with van der Waals surface area (Å²) < 4.78 is 11.1. The zero-order valence-corrected chi connectivity index (χ0v) is 13.3. The average Bonchev–Trinajstić information content (AvgIpc) is 2.52. The first-order valence-electron chi connectivity index (χ1n) is 8.11. The lowest BCUT2D eigenvalue weighted by Crippen LogP contribution is -2.22. The first-order valence-corrected chi connectivity index (χ1v) is 8.11. The molecule has 0 N–H and O–H groups in total. The molecule has 0 bridgehead atoms. The number of benzene rings is 1. The summed E-state index contributed by atoms with van der Waals surface area (Å²) in [6.07, 6.45) is 6.27. The molecule has 0 radical (unpaired) electrons. The Morgan fingerprint density at radius 1 is 1.10 bits per heavy atom. The molecule has 3 heteroatoms. The third kappa shape index (κ3) is 8.51. The molecule has 1 rings (SSSR count). The molecular weight excluding hydrogens is 264 g/mol. The minimum atomic E-state index is -0.391. The van der Waals surface area contributed by atoms with Crippen LogP contribution in [0.3, 0.4) is 0 Å². The molecule has 0 aromatic heterocycles. The summed E-state index contributed by atoms with van der Waals surface area (Å²) in [6, 6.07) is 10.2. The van der Waals surface area contributed by atoms with E-state index >= 15 is 0 Å². The topological polar surface area (TPSA) is 35.5 Å². The second kappa shape index (κ2) is 11.3. The fourth-order valence-electron chi connectivity index (χ4n) is 2.10.